The standard InChI is InChI=1S/C11H13N3O2/c1-12-11-13-10(14-16-11)7-8-4-3-5-9(6-8)15-2/h3-6H,7H2,1-2H3,(H,12,13,14). The van der Waals surface area contributed by atoms with Crippen molar-refractivity contribution in [3.8, 4) is 5.75 Å². The summed E-state index contributed by atoms with van der Waals surface area (Å²) in [5.74, 6) is 1.48. The maximum Gasteiger partial charge on any atom is 0.321 e. The predicted octanol–water partition coefficient (Wildman–Crippen LogP) is 1.71. The summed E-state index contributed by atoms with van der Waals surface area (Å²) in [5, 5.41) is 6.64. The van der Waals surface area contributed by atoms with E-state index in [2.05, 4.69) is 15.5 Å². The molecule has 0 aliphatic heterocycles. The van der Waals surface area contributed by atoms with E-state index in [9.17, 15) is 0 Å². The maximum atomic E-state index is 5.14. The van der Waals surface area contributed by atoms with E-state index in [1.165, 1.54) is 0 Å². The Balaban J connectivity index is 2.13. The van der Waals surface area contributed by atoms with Crippen LogP contribution in [-0.4, -0.2) is 24.3 Å². The van der Waals surface area contributed by atoms with Crippen molar-refractivity contribution >= 4 is 6.01 Å². The number of anilines is 1. The molecular weight excluding hydrogens is 206 g/mol. The first-order chi connectivity index (χ1) is 7.81. The van der Waals surface area contributed by atoms with Gasteiger partial charge in [-0.2, -0.15) is 4.98 Å². The molecule has 84 valence electrons. The lowest BCUT2D eigenvalue weighted by molar-refractivity contribution is 0.414. The first-order valence-corrected chi connectivity index (χ1v) is 4.95. The fourth-order valence-electron chi connectivity index (χ4n) is 1.39. The van der Waals surface area contributed by atoms with Gasteiger partial charge in [0.25, 0.3) is 0 Å². The van der Waals surface area contributed by atoms with Crippen LogP contribution in [0.15, 0.2) is 28.8 Å². The van der Waals surface area contributed by atoms with Gasteiger partial charge in [-0.3, -0.25) is 0 Å². The van der Waals surface area contributed by atoms with Gasteiger partial charge in [-0.05, 0) is 17.7 Å². The smallest absolute Gasteiger partial charge is 0.321 e. The lowest BCUT2D eigenvalue weighted by Gasteiger charge is -2.01. The number of aromatic nitrogens is 2. The van der Waals surface area contributed by atoms with Crippen LogP contribution in [0.2, 0.25) is 0 Å². The van der Waals surface area contributed by atoms with Crippen LogP contribution in [0, 0.1) is 0 Å². The minimum Gasteiger partial charge on any atom is -0.497 e. The zero-order chi connectivity index (χ0) is 11.4. The topological polar surface area (TPSA) is 60.2 Å². The number of nitrogens with one attached hydrogen (secondary N) is 1. The highest BCUT2D eigenvalue weighted by molar-refractivity contribution is 5.30. The van der Waals surface area contributed by atoms with Gasteiger partial charge in [-0.25, -0.2) is 0 Å². The normalized spacial score (nSPS) is 10.1. The Labute approximate surface area is 93.4 Å². The molecule has 0 aliphatic carbocycles. The van der Waals surface area contributed by atoms with Gasteiger partial charge in [0.15, 0.2) is 5.82 Å². The van der Waals surface area contributed by atoms with Crippen LogP contribution >= 0.6 is 0 Å². The van der Waals surface area contributed by atoms with Crippen LogP contribution in [0.25, 0.3) is 0 Å². The summed E-state index contributed by atoms with van der Waals surface area (Å²) in [6.45, 7) is 0. The Hall–Kier alpha value is -2.04. The molecule has 2 rings (SSSR count). The fraction of sp³-hybridized carbons (Fsp3) is 0.273. The Morgan fingerprint density at radius 2 is 2.31 bits per heavy atom. The van der Waals surface area contributed by atoms with E-state index >= 15 is 0 Å². The van der Waals surface area contributed by atoms with E-state index in [-0.39, 0.29) is 0 Å². The number of hydrogen-bond donors (Lipinski definition) is 1. The third-order valence-electron chi connectivity index (χ3n) is 2.18. The van der Waals surface area contributed by atoms with E-state index < -0.39 is 0 Å². The van der Waals surface area contributed by atoms with Gasteiger partial charge in [0, 0.05) is 13.5 Å². The van der Waals surface area contributed by atoms with Crippen LogP contribution in [0.5, 0.6) is 5.75 Å². The summed E-state index contributed by atoms with van der Waals surface area (Å²) in [7, 11) is 3.38. The molecule has 0 bridgehead atoms. The minimum atomic E-state index is 0.429. The summed E-state index contributed by atoms with van der Waals surface area (Å²) in [6, 6.07) is 8.22. The Bertz CT molecular complexity index is 468. The molecule has 5 nitrogen and oxygen atoms in total. The molecule has 0 amide bonds. The van der Waals surface area contributed by atoms with E-state index in [0.29, 0.717) is 18.3 Å². The van der Waals surface area contributed by atoms with Crippen LogP contribution < -0.4 is 10.1 Å². The van der Waals surface area contributed by atoms with Crippen molar-refractivity contribution in [1.29, 1.82) is 0 Å². The number of rotatable bonds is 4. The summed E-state index contributed by atoms with van der Waals surface area (Å²) >= 11 is 0. The first-order valence-electron chi connectivity index (χ1n) is 4.95. The van der Waals surface area contributed by atoms with Gasteiger partial charge < -0.3 is 14.6 Å². The van der Waals surface area contributed by atoms with E-state index in [1.54, 1.807) is 14.2 Å². The van der Waals surface area contributed by atoms with Crippen LogP contribution in [-0.2, 0) is 6.42 Å². The van der Waals surface area contributed by atoms with Gasteiger partial charge >= 0.3 is 6.01 Å². The molecule has 2 aromatic rings. The highest BCUT2D eigenvalue weighted by Gasteiger charge is 2.05. The summed E-state index contributed by atoms with van der Waals surface area (Å²) < 4.78 is 10.1. The molecule has 1 aromatic carbocycles. The van der Waals surface area contributed by atoms with Crippen LogP contribution in [0.4, 0.5) is 6.01 Å². The highest BCUT2D eigenvalue weighted by atomic mass is 16.5. The molecule has 5 heteroatoms. The molecule has 0 radical (unpaired) electrons. The molecule has 1 N–H and O–H groups in total. The van der Waals surface area contributed by atoms with Crippen molar-refractivity contribution in [3.63, 3.8) is 0 Å². The number of nitrogens with zero attached hydrogens (tertiary/aromatic N) is 2. The van der Waals surface area contributed by atoms with Gasteiger partial charge in [0.05, 0.1) is 7.11 Å². The summed E-state index contributed by atoms with van der Waals surface area (Å²) in [6.07, 6.45) is 0.627. The van der Waals surface area contributed by atoms with E-state index in [4.69, 9.17) is 9.26 Å². The Kier molecular flexibility index (Phi) is 3.05. The fourth-order valence-corrected chi connectivity index (χ4v) is 1.39. The van der Waals surface area contributed by atoms with E-state index in [0.717, 1.165) is 11.3 Å². The number of ether oxygens (including phenoxy) is 1. The van der Waals surface area contributed by atoms with Crippen molar-refractivity contribution < 1.29 is 9.26 Å². The third kappa shape index (κ3) is 2.31. The molecule has 1 aromatic heterocycles. The zero-order valence-electron chi connectivity index (χ0n) is 9.23. The number of hydrogen-bond acceptors (Lipinski definition) is 5. The van der Waals surface area contributed by atoms with Crippen LogP contribution in [0.3, 0.4) is 0 Å². The number of methoxy groups -OCH3 is 1. The van der Waals surface area contributed by atoms with Gasteiger partial charge in [-0.1, -0.05) is 17.3 Å². The number of benzene rings is 1. The zero-order valence-corrected chi connectivity index (χ0v) is 9.23. The monoisotopic (exact) mass is 219 g/mol. The summed E-state index contributed by atoms with van der Waals surface area (Å²) in [4.78, 5) is 4.15. The molecule has 0 saturated carbocycles. The molecule has 0 unspecified atom stereocenters. The molecule has 1 heterocycles. The van der Waals surface area contributed by atoms with Crippen molar-refractivity contribution in [2.75, 3.05) is 19.5 Å². The van der Waals surface area contributed by atoms with Crippen LogP contribution in [0.1, 0.15) is 11.4 Å². The van der Waals surface area contributed by atoms with Gasteiger partial charge in [0.1, 0.15) is 5.75 Å². The lowest BCUT2D eigenvalue weighted by Crippen LogP contribution is -1.93. The third-order valence-corrected chi connectivity index (χ3v) is 2.18. The predicted molar refractivity (Wildman–Crippen MR) is 59.6 cm³/mol. The van der Waals surface area contributed by atoms with Crippen molar-refractivity contribution in [3.05, 3.63) is 35.7 Å². The Morgan fingerprint density at radius 3 is 3.00 bits per heavy atom. The van der Waals surface area contributed by atoms with Crippen molar-refractivity contribution in [1.82, 2.24) is 10.1 Å². The molecule has 16 heavy (non-hydrogen) atoms. The van der Waals surface area contributed by atoms with E-state index in [1.807, 2.05) is 24.3 Å². The average molecular weight is 219 g/mol. The minimum absolute atomic E-state index is 0.429. The highest BCUT2D eigenvalue weighted by Crippen LogP contribution is 2.15. The SMILES string of the molecule is CNc1nc(Cc2cccc(OC)c2)no1. The second-order valence-corrected chi connectivity index (χ2v) is 3.29. The first kappa shape index (κ1) is 10.5. The lowest BCUT2D eigenvalue weighted by atomic mass is 10.1. The maximum absolute atomic E-state index is 5.14. The molecule has 0 saturated heterocycles. The Morgan fingerprint density at radius 1 is 1.44 bits per heavy atom. The van der Waals surface area contributed by atoms with Gasteiger partial charge in [-0.15, -0.1) is 0 Å². The van der Waals surface area contributed by atoms with Crippen molar-refractivity contribution in [2.45, 2.75) is 6.42 Å². The molecule has 0 atom stereocenters. The molecule has 0 fully saturated rings. The second kappa shape index (κ2) is 4.65. The van der Waals surface area contributed by atoms with Gasteiger partial charge in [0.2, 0.25) is 0 Å². The average Bonchev–Trinajstić information content (AvgIpc) is 2.77. The second-order valence-electron chi connectivity index (χ2n) is 3.29. The van der Waals surface area contributed by atoms with Crippen molar-refractivity contribution in [2.24, 2.45) is 0 Å². The largest absolute Gasteiger partial charge is 0.497 e. The molecule has 0 spiro atoms. The molecule has 0 aliphatic rings. The quantitative estimate of drug-likeness (QED) is 0.848. The summed E-state index contributed by atoms with van der Waals surface area (Å²) in [5.41, 5.74) is 1.09. The molecular formula is C11H13N3O2.